The van der Waals surface area contributed by atoms with Gasteiger partial charge in [-0.1, -0.05) is 12.1 Å². The topological polar surface area (TPSA) is 90.2 Å². The normalized spacial score (nSPS) is 21.1. The number of amides is 1. The average Bonchev–Trinajstić information content (AvgIpc) is 2.95. The van der Waals surface area contributed by atoms with Crippen molar-refractivity contribution < 1.29 is 14.7 Å². The van der Waals surface area contributed by atoms with Crippen LogP contribution in [0, 0.1) is 11.3 Å². The van der Waals surface area contributed by atoms with Gasteiger partial charge in [-0.25, -0.2) is 4.79 Å². The van der Waals surface area contributed by atoms with Gasteiger partial charge in [-0.05, 0) is 35.9 Å². The van der Waals surface area contributed by atoms with E-state index in [0.717, 1.165) is 11.3 Å². The smallest absolute Gasteiger partial charge is 0.330 e. The van der Waals surface area contributed by atoms with E-state index in [2.05, 4.69) is 5.32 Å². The van der Waals surface area contributed by atoms with Crippen molar-refractivity contribution in [3.8, 4) is 6.07 Å². The lowest BCUT2D eigenvalue weighted by molar-refractivity contribution is -0.145. The molecule has 0 bridgehead atoms. The first-order chi connectivity index (χ1) is 10.1. The summed E-state index contributed by atoms with van der Waals surface area (Å²) >= 11 is 1.52. The number of carbonyl (C=O) groups excluding carboxylic acids is 1. The minimum atomic E-state index is -1.17. The molecule has 21 heavy (non-hydrogen) atoms. The third-order valence-electron chi connectivity index (χ3n) is 3.24. The van der Waals surface area contributed by atoms with E-state index in [0.29, 0.717) is 17.7 Å². The van der Waals surface area contributed by atoms with Gasteiger partial charge >= 0.3 is 5.97 Å². The Morgan fingerprint density at radius 3 is 2.90 bits per heavy atom. The number of rotatable bonds is 4. The van der Waals surface area contributed by atoms with Crippen molar-refractivity contribution in [1.82, 2.24) is 5.32 Å². The minimum Gasteiger partial charge on any atom is -0.479 e. The van der Waals surface area contributed by atoms with Crippen LogP contribution in [-0.4, -0.2) is 34.0 Å². The van der Waals surface area contributed by atoms with Crippen molar-refractivity contribution in [2.75, 3.05) is 11.5 Å². The number of carbonyl (C=O) groups is 2. The zero-order valence-corrected chi connectivity index (χ0v) is 12.0. The number of hydrogen-bond donors (Lipinski definition) is 2. The molecule has 1 aliphatic heterocycles. The van der Waals surface area contributed by atoms with E-state index in [-0.39, 0.29) is 0 Å². The Kier molecular flexibility index (Phi) is 4.66. The fraction of sp³-hybridized carbons (Fsp3) is 0.267. The SMILES string of the molecule is N#Cc1cccc(C=CC(=O)NC2(C(=O)O)CCSC2)c1. The summed E-state index contributed by atoms with van der Waals surface area (Å²) in [7, 11) is 0. The molecule has 0 aliphatic carbocycles. The van der Waals surface area contributed by atoms with Crippen LogP contribution in [0.25, 0.3) is 6.08 Å². The van der Waals surface area contributed by atoms with Crippen LogP contribution >= 0.6 is 11.8 Å². The third-order valence-corrected chi connectivity index (χ3v) is 4.43. The van der Waals surface area contributed by atoms with Crippen molar-refractivity contribution in [3.63, 3.8) is 0 Å². The predicted octanol–water partition coefficient (Wildman–Crippen LogP) is 1.65. The molecule has 2 rings (SSSR count). The van der Waals surface area contributed by atoms with Gasteiger partial charge in [0, 0.05) is 11.8 Å². The third kappa shape index (κ3) is 3.64. The Morgan fingerprint density at radius 1 is 1.48 bits per heavy atom. The van der Waals surface area contributed by atoms with Crippen LogP contribution in [0.3, 0.4) is 0 Å². The zero-order chi connectivity index (χ0) is 15.3. The Bertz CT molecular complexity index is 628. The van der Waals surface area contributed by atoms with E-state index >= 15 is 0 Å². The van der Waals surface area contributed by atoms with Crippen LogP contribution in [0.2, 0.25) is 0 Å². The van der Waals surface area contributed by atoms with Crippen LogP contribution in [0.1, 0.15) is 17.5 Å². The number of aliphatic carboxylic acids is 1. The molecule has 1 aromatic carbocycles. The second-order valence-corrected chi connectivity index (χ2v) is 5.85. The predicted molar refractivity (Wildman–Crippen MR) is 80.6 cm³/mol. The summed E-state index contributed by atoms with van der Waals surface area (Å²) in [5.74, 6) is -0.338. The first kappa shape index (κ1) is 15.1. The zero-order valence-electron chi connectivity index (χ0n) is 11.2. The summed E-state index contributed by atoms with van der Waals surface area (Å²) in [6.45, 7) is 0. The fourth-order valence-electron chi connectivity index (χ4n) is 2.05. The average molecular weight is 302 g/mol. The minimum absolute atomic E-state index is 0.381. The molecule has 1 aromatic rings. The van der Waals surface area contributed by atoms with Crippen molar-refractivity contribution in [3.05, 3.63) is 41.5 Å². The van der Waals surface area contributed by atoms with Crippen molar-refractivity contribution in [2.24, 2.45) is 0 Å². The number of carboxylic acids is 1. The molecular weight excluding hydrogens is 288 g/mol. The molecule has 1 aliphatic rings. The van der Waals surface area contributed by atoms with E-state index in [1.165, 1.54) is 17.8 Å². The Labute approximate surface area is 126 Å². The highest BCUT2D eigenvalue weighted by Crippen LogP contribution is 2.28. The highest BCUT2D eigenvalue weighted by Gasteiger charge is 2.42. The number of benzene rings is 1. The molecule has 6 heteroatoms. The van der Waals surface area contributed by atoms with Gasteiger partial charge in [0.05, 0.1) is 11.6 Å². The molecule has 1 fully saturated rings. The van der Waals surface area contributed by atoms with E-state index in [1.54, 1.807) is 30.3 Å². The highest BCUT2D eigenvalue weighted by atomic mass is 32.2. The molecular formula is C15H14N2O3S. The van der Waals surface area contributed by atoms with E-state index in [1.807, 2.05) is 6.07 Å². The molecule has 1 heterocycles. The van der Waals surface area contributed by atoms with Gasteiger partial charge in [-0.15, -0.1) is 0 Å². The maximum Gasteiger partial charge on any atom is 0.330 e. The summed E-state index contributed by atoms with van der Waals surface area (Å²) in [5, 5.41) is 20.7. The quantitative estimate of drug-likeness (QED) is 0.825. The molecule has 5 nitrogen and oxygen atoms in total. The molecule has 0 aromatic heterocycles. The van der Waals surface area contributed by atoms with Gasteiger partial charge in [0.2, 0.25) is 5.91 Å². The van der Waals surface area contributed by atoms with Gasteiger partial charge in [0.1, 0.15) is 5.54 Å². The number of hydrogen-bond acceptors (Lipinski definition) is 4. The number of carboxylic acid groups (broad SMARTS) is 1. The Balaban J connectivity index is 2.05. The van der Waals surface area contributed by atoms with Crippen LogP contribution in [0.15, 0.2) is 30.3 Å². The van der Waals surface area contributed by atoms with Crippen molar-refractivity contribution in [1.29, 1.82) is 5.26 Å². The van der Waals surface area contributed by atoms with Crippen LogP contribution < -0.4 is 5.32 Å². The second-order valence-electron chi connectivity index (χ2n) is 4.75. The van der Waals surface area contributed by atoms with Crippen LogP contribution in [-0.2, 0) is 9.59 Å². The maximum absolute atomic E-state index is 11.9. The monoisotopic (exact) mass is 302 g/mol. The van der Waals surface area contributed by atoms with Gasteiger partial charge < -0.3 is 10.4 Å². The van der Waals surface area contributed by atoms with E-state index in [9.17, 15) is 14.7 Å². The molecule has 1 amide bonds. The van der Waals surface area contributed by atoms with Gasteiger partial charge in [-0.3, -0.25) is 4.79 Å². The largest absolute Gasteiger partial charge is 0.479 e. The van der Waals surface area contributed by atoms with E-state index in [4.69, 9.17) is 5.26 Å². The molecule has 2 N–H and O–H groups in total. The van der Waals surface area contributed by atoms with Crippen molar-refractivity contribution >= 4 is 29.7 Å². The van der Waals surface area contributed by atoms with Crippen LogP contribution in [0.4, 0.5) is 0 Å². The van der Waals surface area contributed by atoms with Gasteiger partial charge in [0.25, 0.3) is 0 Å². The summed E-state index contributed by atoms with van der Waals surface area (Å²) < 4.78 is 0. The molecule has 108 valence electrons. The summed E-state index contributed by atoms with van der Waals surface area (Å²) in [6.07, 6.45) is 3.29. The lowest BCUT2D eigenvalue weighted by atomic mass is 9.99. The molecule has 0 saturated carbocycles. The lowest BCUT2D eigenvalue weighted by Gasteiger charge is -2.23. The molecule has 1 unspecified atom stereocenters. The highest BCUT2D eigenvalue weighted by molar-refractivity contribution is 7.99. The van der Waals surface area contributed by atoms with Gasteiger partial charge in [-0.2, -0.15) is 17.0 Å². The Morgan fingerprint density at radius 2 is 2.29 bits per heavy atom. The standard InChI is InChI=1S/C15H14N2O3S/c16-9-12-3-1-2-11(8-12)4-5-13(18)17-15(14(19)20)6-7-21-10-15/h1-5,8H,6-7,10H2,(H,17,18)(H,19,20). The van der Waals surface area contributed by atoms with Gasteiger partial charge in [0.15, 0.2) is 0 Å². The molecule has 1 saturated heterocycles. The maximum atomic E-state index is 11.9. The lowest BCUT2D eigenvalue weighted by Crippen LogP contribution is -2.54. The summed E-state index contributed by atoms with van der Waals surface area (Å²) in [5.41, 5.74) is 0.0572. The van der Waals surface area contributed by atoms with E-state index < -0.39 is 17.4 Å². The number of nitrogens with zero attached hydrogens (tertiary/aromatic N) is 1. The second kappa shape index (κ2) is 6.46. The first-order valence-electron chi connectivity index (χ1n) is 6.37. The number of nitriles is 1. The molecule has 1 atom stereocenters. The first-order valence-corrected chi connectivity index (χ1v) is 7.53. The Hall–Kier alpha value is -2.26. The summed E-state index contributed by atoms with van der Waals surface area (Å²) in [6, 6.07) is 8.84. The molecule has 0 spiro atoms. The fourth-order valence-corrected chi connectivity index (χ4v) is 3.37. The molecule has 0 radical (unpaired) electrons. The number of thioether (sulfide) groups is 1. The number of nitrogens with one attached hydrogen (secondary N) is 1. The van der Waals surface area contributed by atoms with Crippen molar-refractivity contribution in [2.45, 2.75) is 12.0 Å². The van der Waals surface area contributed by atoms with Crippen LogP contribution in [0.5, 0.6) is 0 Å². The summed E-state index contributed by atoms with van der Waals surface area (Å²) in [4.78, 5) is 23.2.